The van der Waals surface area contributed by atoms with Crippen LogP contribution < -0.4 is 0 Å². The summed E-state index contributed by atoms with van der Waals surface area (Å²) in [6.07, 6.45) is 3.91. The molecular weight excluding hydrogens is 200 g/mol. The minimum atomic E-state index is 0.296. The van der Waals surface area contributed by atoms with Gasteiger partial charge in [0.2, 0.25) is 0 Å². The van der Waals surface area contributed by atoms with Crippen molar-refractivity contribution < 1.29 is 4.79 Å². The third-order valence-corrected chi connectivity index (χ3v) is 3.86. The second-order valence-corrected chi connectivity index (χ2v) is 4.86. The monoisotopic (exact) mass is 220 g/mol. The van der Waals surface area contributed by atoms with Crippen LogP contribution in [0, 0.1) is 26.7 Å². The van der Waals surface area contributed by atoms with Gasteiger partial charge in [0.15, 0.2) is 0 Å². The van der Waals surface area contributed by atoms with Crippen LogP contribution in [0.5, 0.6) is 0 Å². The zero-order valence-corrected chi connectivity index (χ0v) is 10.4. The second-order valence-electron chi connectivity index (χ2n) is 4.86. The molecule has 1 aromatic heterocycles. The van der Waals surface area contributed by atoms with Crippen LogP contribution in [0.3, 0.4) is 0 Å². The summed E-state index contributed by atoms with van der Waals surface area (Å²) in [6, 6.07) is 0. The van der Waals surface area contributed by atoms with Gasteiger partial charge in [0.05, 0.1) is 5.69 Å². The first-order chi connectivity index (χ1) is 7.59. The SMILES string of the molecule is Cc1nn(CCC2CCCC2=O)c(C)c1C. The highest BCUT2D eigenvalue weighted by atomic mass is 16.1. The molecule has 16 heavy (non-hydrogen) atoms. The molecule has 0 saturated heterocycles. The van der Waals surface area contributed by atoms with Gasteiger partial charge < -0.3 is 0 Å². The fourth-order valence-electron chi connectivity index (χ4n) is 2.48. The Hall–Kier alpha value is -1.12. The van der Waals surface area contributed by atoms with Crippen molar-refractivity contribution >= 4 is 5.78 Å². The van der Waals surface area contributed by atoms with E-state index < -0.39 is 0 Å². The van der Waals surface area contributed by atoms with Crippen molar-refractivity contribution in [1.82, 2.24) is 9.78 Å². The Bertz CT molecular complexity index is 406. The zero-order chi connectivity index (χ0) is 11.7. The molecule has 0 spiro atoms. The standard InChI is InChI=1S/C13H20N2O/c1-9-10(2)14-15(11(9)3)8-7-12-5-4-6-13(12)16/h12H,4-8H2,1-3H3. The fraction of sp³-hybridized carbons (Fsp3) is 0.692. The molecule has 0 amide bonds. The first-order valence-corrected chi connectivity index (χ1v) is 6.13. The topological polar surface area (TPSA) is 34.9 Å². The lowest BCUT2D eigenvalue weighted by Gasteiger charge is -2.09. The number of nitrogens with zero attached hydrogens (tertiary/aromatic N) is 2. The lowest BCUT2D eigenvalue weighted by Crippen LogP contribution is -2.12. The van der Waals surface area contributed by atoms with Crippen LogP contribution in [0.15, 0.2) is 0 Å². The summed E-state index contributed by atoms with van der Waals surface area (Å²) in [6.45, 7) is 7.14. The molecule has 0 bridgehead atoms. The van der Waals surface area contributed by atoms with Crippen LogP contribution in [-0.4, -0.2) is 15.6 Å². The van der Waals surface area contributed by atoms with E-state index in [-0.39, 0.29) is 0 Å². The maximum atomic E-state index is 11.5. The number of carbonyl (C=O) groups is 1. The molecule has 1 aromatic rings. The lowest BCUT2D eigenvalue weighted by atomic mass is 10.0. The third-order valence-electron chi connectivity index (χ3n) is 3.86. The van der Waals surface area contributed by atoms with E-state index in [1.807, 2.05) is 6.92 Å². The highest BCUT2D eigenvalue weighted by Gasteiger charge is 2.24. The molecule has 3 nitrogen and oxygen atoms in total. The molecule has 0 aliphatic heterocycles. The number of ketones is 1. The smallest absolute Gasteiger partial charge is 0.136 e. The third kappa shape index (κ3) is 2.04. The van der Waals surface area contributed by atoms with Gasteiger partial charge in [0, 0.05) is 24.6 Å². The van der Waals surface area contributed by atoms with Gasteiger partial charge in [0.25, 0.3) is 0 Å². The van der Waals surface area contributed by atoms with Crippen molar-refractivity contribution in [2.75, 3.05) is 0 Å². The van der Waals surface area contributed by atoms with Crippen molar-refractivity contribution in [3.8, 4) is 0 Å². The van der Waals surface area contributed by atoms with E-state index >= 15 is 0 Å². The highest BCUT2D eigenvalue weighted by molar-refractivity contribution is 5.82. The Labute approximate surface area is 96.8 Å². The van der Waals surface area contributed by atoms with Gasteiger partial charge in [-0.2, -0.15) is 5.10 Å². The number of carbonyl (C=O) groups excluding carboxylic acids is 1. The van der Waals surface area contributed by atoms with E-state index in [1.54, 1.807) is 0 Å². The molecule has 1 unspecified atom stereocenters. The number of aryl methyl sites for hydroxylation is 2. The molecule has 3 heteroatoms. The molecule has 1 saturated carbocycles. The van der Waals surface area contributed by atoms with Crippen molar-refractivity contribution in [3.05, 3.63) is 17.0 Å². The minimum absolute atomic E-state index is 0.296. The van der Waals surface area contributed by atoms with Crippen LogP contribution in [0.4, 0.5) is 0 Å². The van der Waals surface area contributed by atoms with Gasteiger partial charge in [-0.15, -0.1) is 0 Å². The van der Waals surface area contributed by atoms with Gasteiger partial charge in [-0.25, -0.2) is 0 Å². The molecule has 1 heterocycles. The van der Waals surface area contributed by atoms with Crippen LogP contribution in [0.2, 0.25) is 0 Å². The normalized spacial score (nSPS) is 20.7. The van der Waals surface area contributed by atoms with E-state index in [0.717, 1.165) is 37.9 Å². The van der Waals surface area contributed by atoms with E-state index in [4.69, 9.17) is 0 Å². The highest BCUT2D eigenvalue weighted by Crippen LogP contribution is 2.25. The van der Waals surface area contributed by atoms with Crippen molar-refractivity contribution in [2.24, 2.45) is 5.92 Å². The first-order valence-electron chi connectivity index (χ1n) is 6.13. The van der Waals surface area contributed by atoms with E-state index in [0.29, 0.717) is 11.7 Å². The fourth-order valence-corrected chi connectivity index (χ4v) is 2.48. The largest absolute Gasteiger partial charge is 0.299 e. The molecule has 1 aliphatic carbocycles. The van der Waals surface area contributed by atoms with Gasteiger partial charge in [-0.05, 0) is 45.6 Å². The molecule has 1 fully saturated rings. The minimum Gasteiger partial charge on any atom is -0.299 e. The maximum Gasteiger partial charge on any atom is 0.136 e. The first kappa shape index (κ1) is 11.4. The van der Waals surface area contributed by atoms with Crippen molar-refractivity contribution in [3.63, 3.8) is 0 Å². The van der Waals surface area contributed by atoms with Gasteiger partial charge in [-0.3, -0.25) is 9.48 Å². The van der Waals surface area contributed by atoms with Gasteiger partial charge in [0.1, 0.15) is 5.78 Å². The summed E-state index contributed by atoms with van der Waals surface area (Å²) < 4.78 is 2.05. The number of aromatic nitrogens is 2. The summed E-state index contributed by atoms with van der Waals surface area (Å²) in [5, 5.41) is 4.50. The molecule has 2 rings (SSSR count). The zero-order valence-electron chi connectivity index (χ0n) is 10.4. The molecule has 1 aliphatic rings. The number of Topliss-reactive ketones (excluding diaryl/α,β-unsaturated/α-hetero) is 1. The van der Waals surface area contributed by atoms with E-state index in [2.05, 4.69) is 23.6 Å². The van der Waals surface area contributed by atoms with Crippen molar-refractivity contribution in [1.29, 1.82) is 0 Å². The Kier molecular flexibility index (Phi) is 3.13. The number of rotatable bonds is 3. The molecule has 0 radical (unpaired) electrons. The molecule has 1 atom stereocenters. The Morgan fingerprint density at radius 1 is 1.38 bits per heavy atom. The van der Waals surface area contributed by atoms with Gasteiger partial charge >= 0.3 is 0 Å². The van der Waals surface area contributed by atoms with E-state index in [1.165, 1.54) is 11.3 Å². The van der Waals surface area contributed by atoms with Gasteiger partial charge in [-0.1, -0.05) is 0 Å². The van der Waals surface area contributed by atoms with E-state index in [9.17, 15) is 4.79 Å². The maximum absolute atomic E-state index is 11.5. The van der Waals surface area contributed by atoms with Crippen LogP contribution in [0.25, 0.3) is 0 Å². The summed E-state index contributed by atoms with van der Waals surface area (Å²) in [7, 11) is 0. The summed E-state index contributed by atoms with van der Waals surface area (Å²) in [4.78, 5) is 11.5. The molecule has 0 N–H and O–H groups in total. The number of hydrogen-bond acceptors (Lipinski definition) is 2. The Morgan fingerprint density at radius 2 is 2.12 bits per heavy atom. The van der Waals surface area contributed by atoms with Crippen LogP contribution in [-0.2, 0) is 11.3 Å². The lowest BCUT2D eigenvalue weighted by molar-refractivity contribution is -0.120. The predicted octanol–water partition coefficient (Wildman–Crippen LogP) is 2.57. The summed E-state index contributed by atoms with van der Waals surface area (Å²) >= 11 is 0. The molecular formula is C13H20N2O. The van der Waals surface area contributed by atoms with Crippen LogP contribution >= 0.6 is 0 Å². The Balaban J connectivity index is 1.99. The number of hydrogen-bond donors (Lipinski definition) is 0. The quantitative estimate of drug-likeness (QED) is 0.784. The van der Waals surface area contributed by atoms with Crippen molar-refractivity contribution in [2.45, 2.75) is 53.0 Å². The molecule has 0 aromatic carbocycles. The summed E-state index contributed by atoms with van der Waals surface area (Å²) in [5.74, 6) is 0.752. The summed E-state index contributed by atoms with van der Waals surface area (Å²) in [5.41, 5.74) is 3.62. The molecule has 88 valence electrons. The second kappa shape index (κ2) is 4.40. The average molecular weight is 220 g/mol. The van der Waals surface area contributed by atoms with Crippen LogP contribution in [0.1, 0.15) is 42.6 Å². The average Bonchev–Trinajstić information content (AvgIpc) is 2.76. The Morgan fingerprint density at radius 3 is 2.62 bits per heavy atom. The predicted molar refractivity (Wildman–Crippen MR) is 63.4 cm³/mol.